The third-order valence-electron chi connectivity index (χ3n) is 2.43. The standard InChI is InChI=1S/C12H26N7O/c1-5-13-10-16-11(14-6-8-19(2,3)4)18-12(17-10)15-7-9-20/h20H,5-9H2,1-4H3,(H3,13,14,15,16,17,18)/q+1. The molecule has 8 heteroatoms. The molecule has 8 nitrogen and oxygen atoms in total. The van der Waals surface area contributed by atoms with Crippen molar-refractivity contribution >= 4 is 17.8 Å². The molecule has 0 fully saturated rings. The lowest BCUT2D eigenvalue weighted by Crippen LogP contribution is -2.38. The highest BCUT2D eigenvalue weighted by Gasteiger charge is 2.09. The predicted molar refractivity (Wildman–Crippen MR) is 81.0 cm³/mol. The summed E-state index contributed by atoms with van der Waals surface area (Å²) in [6.07, 6.45) is 0. The molecule has 114 valence electrons. The Bertz CT molecular complexity index is 405. The van der Waals surface area contributed by atoms with Gasteiger partial charge in [-0.05, 0) is 6.92 Å². The van der Waals surface area contributed by atoms with E-state index in [-0.39, 0.29) is 6.61 Å². The molecule has 0 amide bonds. The number of nitrogens with zero attached hydrogens (tertiary/aromatic N) is 4. The van der Waals surface area contributed by atoms with Gasteiger partial charge in [0.2, 0.25) is 17.8 Å². The average molecular weight is 284 g/mol. The zero-order valence-corrected chi connectivity index (χ0v) is 12.8. The van der Waals surface area contributed by atoms with E-state index >= 15 is 0 Å². The van der Waals surface area contributed by atoms with E-state index in [0.29, 0.717) is 24.4 Å². The normalized spacial score (nSPS) is 11.2. The van der Waals surface area contributed by atoms with Crippen LogP contribution in [0.3, 0.4) is 0 Å². The summed E-state index contributed by atoms with van der Waals surface area (Å²) in [6, 6.07) is 0. The molecule has 0 unspecified atom stereocenters. The molecule has 0 bridgehead atoms. The van der Waals surface area contributed by atoms with E-state index in [0.717, 1.165) is 24.1 Å². The molecule has 0 spiro atoms. The van der Waals surface area contributed by atoms with E-state index in [1.807, 2.05) is 6.92 Å². The Morgan fingerprint density at radius 3 is 1.85 bits per heavy atom. The van der Waals surface area contributed by atoms with E-state index < -0.39 is 0 Å². The van der Waals surface area contributed by atoms with Gasteiger partial charge in [0.15, 0.2) is 0 Å². The molecular weight excluding hydrogens is 258 g/mol. The molecule has 0 aromatic carbocycles. The maximum absolute atomic E-state index is 8.83. The Kier molecular flexibility index (Phi) is 6.40. The summed E-state index contributed by atoms with van der Waals surface area (Å²) in [7, 11) is 6.40. The second-order valence-electron chi connectivity index (χ2n) is 5.43. The van der Waals surface area contributed by atoms with E-state index in [9.17, 15) is 0 Å². The molecule has 0 aliphatic carbocycles. The first kappa shape index (κ1) is 16.4. The Labute approximate surface area is 120 Å². The summed E-state index contributed by atoms with van der Waals surface area (Å²) < 4.78 is 0.869. The summed E-state index contributed by atoms with van der Waals surface area (Å²) in [4.78, 5) is 12.8. The number of aliphatic hydroxyl groups excluding tert-OH is 1. The van der Waals surface area contributed by atoms with Crippen LogP contribution < -0.4 is 16.0 Å². The topological polar surface area (TPSA) is 95.0 Å². The number of anilines is 3. The largest absolute Gasteiger partial charge is 0.395 e. The van der Waals surface area contributed by atoms with Gasteiger partial charge in [0.25, 0.3) is 0 Å². The molecule has 0 aliphatic heterocycles. The second-order valence-corrected chi connectivity index (χ2v) is 5.43. The summed E-state index contributed by atoms with van der Waals surface area (Å²) in [5.74, 6) is 1.51. The van der Waals surface area contributed by atoms with Crippen molar-refractivity contribution in [1.82, 2.24) is 15.0 Å². The van der Waals surface area contributed by atoms with Crippen molar-refractivity contribution in [1.29, 1.82) is 0 Å². The van der Waals surface area contributed by atoms with Crippen LogP contribution in [-0.4, -0.2) is 78.5 Å². The minimum atomic E-state index is 0.0342. The van der Waals surface area contributed by atoms with Gasteiger partial charge in [0.1, 0.15) is 0 Å². The zero-order valence-electron chi connectivity index (χ0n) is 12.8. The highest BCUT2D eigenvalue weighted by Crippen LogP contribution is 2.08. The van der Waals surface area contributed by atoms with Gasteiger partial charge in [-0.1, -0.05) is 0 Å². The molecule has 20 heavy (non-hydrogen) atoms. The molecular formula is C12H26N7O+. The SMILES string of the molecule is CCNc1nc(NCCO)nc(NCC[N+](C)(C)C)n1. The van der Waals surface area contributed by atoms with Crippen LogP contribution in [0, 0.1) is 0 Å². The van der Waals surface area contributed by atoms with Crippen LogP contribution in [0.25, 0.3) is 0 Å². The van der Waals surface area contributed by atoms with Gasteiger partial charge in [0.05, 0.1) is 40.8 Å². The van der Waals surface area contributed by atoms with Crippen LogP contribution in [-0.2, 0) is 0 Å². The number of hydrogen-bond donors (Lipinski definition) is 4. The molecule has 0 radical (unpaired) electrons. The van der Waals surface area contributed by atoms with Crippen molar-refractivity contribution in [3.63, 3.8) is 0 Å². The molecule has 1 heterocycles. The maximum atomic E-state index is 8.83. The molecule has 0 atom stereocenters. The summed E-state index contributed by atoms with van der Waals surface area (Å²) in [5.41, 5.74) is 0. The van der Waals surface area contributed by atoms with E-state index in [1.54, 1.807) is 0 Å². The lowest BCUT2D eigenvalue weighted by molar-refractivity contribution is -0.868. The highest BCUT2D eigenvalue weighted by atomic mass is 16.3. The molecule has 1 aromatic rings. The lowest BCUT2D eigenvalue weighted by Gasteiger charge is -2.23. The third-order valence-corrected chi connectivity index (χ3v) is 2.43. The van der Waals surface area contributed by atoms with Gasteiger partial charge >= 0.3 is 0 Å². The Morgan fingerprint density at radius 2 is 1.40 bits per heavy atom. The van der Waals surface area contributed by atoms with Crippen LogP contribution in [0.2, 0.25) is 0 Å². The van der Waals surface area contributed by atoms with E-state index in [2.05, 4.69) is 52.0 Å². The quantitative estimate of drug-likeness (QED) is 0.467. The molecule has 0 saturated carbocycles. The average Bonchev–Trinajstić information content (AvgIpc) is 2.35. The number of rotatable bonds is 9. The second kappa shape index (κ2) is 7.81. The first-order chi connectivity index (χ1) is 9.44. The fourth-order valence-electron chi connectivity index (χ4n) is 1.44. The molecule has 4 N–H and O–H groups in total. The number of hydrogen-bond acceptors (Lipinski definition) is 7. The Hall–Kier alpha value is -1.67. The number of likely N-dealkylation sites (N-methyl/N-ethyl adjacent to an activating group) is 1. The lowest BCUT2D eigenvalue weighted by atomic mass is 10.5. The van der Waals surface area contributed by atoms with Crippen LogP contribution in [0.5, 0.6) is 0 Å². The third kappa shape index (κ3) is 6.48. The fourth-order valence-corrected chi connectivity index (χ4v) is 1.44. The molecule has 1 aromatic heterocycles. The van der Waals surface area contributed by atoms with Crippen LogP contribution in [0.1, 0.15) is 6.92 Å². The molecule has 0 aliphatic rings. The summed E-state index contributed by atoms with van der Waals surface area (Å²) in [6.45, 7) is 4.90. The van der Waals surface area contributed by atoms with Crippen molar-refractivity contribution in [2.45, 2.75) is 6.92 Å². The molecule has 1 rings (SSSR count). The maximum Gasteiger partial charge on any atom is 0.229 e. The minimum absolute atomic E-state index is 0.0342. The minimum Gasteiger partial charge on any atom is -0.395 e. The predicted octanol–water partition coefficient (Wildman–Crippen LogP) is -0.174. The monoisotopic (exact) mass is 284 g/mol. The number of quaternary nitrogens is 1. The summed E-state index contributed by atoms with van der Waals surface area (Å²) >= 11 is 0. The highest BCUT2D eigenvalue weighted by molar-refractivity contribution is 5.42. The van der Waals surface area contributed by atoms with E-state index in [1.165, 1.54) is 0 Å². The Balaban J connectivity index is 2.69. The van der Waals surface area contributed by atoms with Crippen LogP contribution in [0.4, 0.5) is 17.8 Å². The van der Waals surface area contributed by atoms with Crippen LogP contribution in [0.15, 0.2) is 0 Å². The van der Waals surface area contributed by atoms with Crippen molar-refractivity contribution in [3.05, 3.63) is 0 Å². The van der Waals surface area contributed by atoms with Gasteiger partial charge in [0, 0.05) is 13.1 Å². The van der Waals surface area contributed by atoms with Gasteiger partial charge in [-0.2, -0.15) is 15.0 Å². The smallest absolute Gasteiger partial charge is 0.229 e. The van der Waals surface area contributed by atoms with Crippen molar-refractivity contribution in [3.8, 4) is 0 Å². The first-order valence-electron chi connectivity index (χ1n) is 6.83. The first-order valence-corrected chi connectivity index (χ1v) is 6.83. The van der Waals surface area contributed by atoms with Gasteiger partial charge in [-0.25, -0.2) is 0 Å². The Morgan fingerprint density at radius 1 is 0.900 bits per heavy atom. The van der Waals surface area contributed by atoms with Crippen molar-refractivity contribution in [2.24, 2.45) is 0 Å². The van der Waals surface area contributed by atoms with Gasteiger partial charge in [-0.15, -0.1) is 0 Å². The zero-order chi connectivity index (χ0) is 15.0. The van der Waals surface area contributed by atoms with Crippen molar-refractivity contribution in [2.75, 3.05) is 69.9 Å². The van der Waals surface area contributed by atoms with E-state index in [4.69, 9.17) is 5.11 Å². The van der Waals surface area contributed by atoms with Crippen molar-refractivity contribution < 1.29 is 9.59 Å². The number of aromatic nitrogens is 3. The van der Waals surface area contributed by atoms with Crippen LogP contribution >= 0.6 is 0 Å². The fraction of sp³-hybridized carbons (Fsp3) is 0.750. The summed E-state index contributed by atoms with van der Waals surface area (Å²) in [5, 5.41) is 18.0. The van der Waals surface area contributed by atoms with Gasteiger partial charge < -0.3 is 25.5 Å². The molecule has 0 saturated heterocycles. The number of aliphatic hydroxyl groups is 1. The number of nitrogens with one attached hydrogen (secondary N) is 3. The van der Waals surface area contributed by atoms with Gasteiger partial charge in [-0.3, -0.25) is 0 Å².